The summed E-state index contributed by atoms with van der Waals surface area (Å²) in [6.07, 6.45) is 2.21. The Morgan fingerprint density at radius 1 is 1.26 bits per heavy atom. The van der Waals surface area contributed by atoms with Crippen LogP contribution in [0.25, 0.3) is 0 Å². The first kappa shape index (κ1) is 18.6. The summed E-state index contributed by atoms with van der Waals surface area (Å²) >= 11 is 1.16. The molecule has 0 radical (unpaired) electrons. The molecule has 1 heterocycles. The summed E-state index contributed by atoms with van der Waals surface area (Å²) in [5.41, 5.74) is 10.8. The molecule has 0 saturated heterocycles. The van der Waals surface area contributed by atoms with E-state index in [0.29, 0.717) is 28.7 Å². The average Bonchev–Trinajstić information content (AvgIpc) is 3.08. The number of hydrogen-bond donors (Lipinski definition) is 2. The van der Waals surface area contributed by atoms with E-state index in [0.717, 1.165) is 28.2 Å². The molecule has 1 aromatic heterocycles. The van der Waals surface area contributed by atoms with Crippen LogP contribution in [0.2, 0.25) is 0 Å². The van der Waals surface area contributed by atoms with E-state index >= 15 is 0 Å². The number of carbonyl (C=O) groups excluding carboxylic acids is 1. The van der Waals surface area contributed by atoms with E-state index in [1.807, 2.05) is 61.5 Å². The number of carbonyl (C=O) groups is 1. The molecule has 27 heavy (non-hydrogen) atoms. The van der Waals surface area contributed by atoms with Crippen LogP contribution in [0, 0.1) is 0 Å². The maximum absolute atomic E-state index is 12.2. The van der Waals surface area contributed by atoms with Crippen molar-refractivity contribution in [2.45, 2.75) is 20.0 Å². The minimum absolute atomic E-state index is 0.311. The lowest BCUT2D eigenvalue weighted by Gasteiger charge is -2.06. The standard InChI is InChI=1S/C20H20N4O2S/c1-2-17-18(27-20(21)23-17)19(25)24-22-12-15-9-6-10-16(11-15)26-13-14-7-4-3-5-8-14/h3-12H,2,13H2,1H3,(H2,21,23)(H,24,25)/b22-12-. The number of thiazole rings is 1. The molecule has 0 atom stereocenters. The summed E-state index contributed by atoms with van der Waals surface area (Å²) < 4.78 is 5.79. The number of aromatic nitrogens is 1. The predicted molar refractivity (Wildman–Crippen MR) is 108 cm³/mol. The van der Waals surface area contributed by atoms with E-state index in [-0.39, 0.29) is 5.91 Å². The van der Waals surface area contributed by atoms with Crippen molar-refractivity contribution < 1.29 is 9.53 Å². The van der Waals surface area contributed by atoms with E-state index in [9.17, 15) is 4.79 Å². The van der Waals surface area contributed by atoms with Crippen molar-refractivity contribution in [1.82, 2.24) is 10.4 Å². The van der Waals surface area contributed by atoms with E-state index < -0.39 is 0 Å². The molecule has 2 aromatic carbocycles. The fourth-order valence-electron chi connectivity index (χ4n) is 2.43. The van der Waals surface area contributed by atoms with Crippen molar-refractivity contribution >= 4 is 28.6 Å². The maximum atomic E-state index is 12.2. The number of nitrogens with zero attached hydrogens (tertiary/aromatic N) is 2. The van der Waals surface area contributed by atoms with Crippen molar-refractivity contribution in [1.29, 1.82) is 0 Å². The quantitative estimate of drug-likeness (QED) is 0.484. The van der Waals surface area contributed by atoms with Gasteiger partial charge in [-0.2, -0.15) is 5.10 Å². The Morgan fingerprint density at radius 2 is 2.07 bits per heavy atom. The Kier molecular flexibility index (Phi) is 6.17. The number of nitrogens with one attached hydrogen (secondary N) is 1. The molecule has 0 aliphatic heterocycles. The molecule has 0 spiro atoms. The van der Waals surface area contributed by atoms with Crippen molar-refractivity contribution in [3.63, 3.8) is 0 Å². The summed E-state index contributed by atoms with van der Waals surface area (Å²) in [7, 11) is 0. The van der Waals surface area contributed by atoms with Gasteiger partial charge in [0.15, 0.2) is 5.13 Å². The molecule has 138 valence electrons. The minimum Gasteiger partial charge on any atom is -0.489 e. The fourth-order valence-corrected chi connectivity index (χ4v) is 3.24. The minimum atomic E-state index is -0.311. The number of anilines is 1. The van der Waals surface area contributed by atoms with Crippen LogP contribution in [0.5, 0.6) is 5.75 Å². The predicted octanol–water partition coefficient (Wildman–Crippen LogP) is 3.63. The van der Waals surface area contributed by atoms with Gasteiger partial charge in [-0.25, -0.2) is 10.4 Å². The van der Waals surface area contributed by atoms with Gasteiger partial charge in [0.25, 0.3) is 5.91 Å². The van der Waals surface area contributed by atoms with Gasteiger partial charge < -0.3 is 10.5 Å². The molecule has 0 bridgehead atoms. The van der Waals surface area contributed by atoms with Gasteiger partial charge in [-0.3, -0.25) is 4.79 Å². The second-order valence-corrected chi connectivity index (χ2v) is 6.76. The van der Waals surface area contributed by atoms with Crippen molar-refractivity contribution in [3.8, 4) is 5.75 Å². The normalized spacial score (nSPS) is 10.9. The summed E-state index contributed by atoms with van der Waals surface area (Å²) in [6.45, 7) is 2.42. The molecule has 0 aliphatic rings. The number of amides is 1. The molecule has 1 amide bonds. The van der Waals surface area contributed by atoms with E-state index in [4.69, 9.17) is 10.5 Å². The lowest BCUT2D eigenvalue weighted by atomic mass is 10.2. The molecule has 0 fully saturated rings. The van der Waals surface area contributed by atoms with Crippen LogP contribution in [-0.2, 0) is 13.0 Å². The van der Waals surface area contributed by atoms with Crippen LogP contribution >= 0.6 is 11.3 Å². The van der Waals surface area contributed by atoms with Gasteiger partial charge in [0.05, 0.1) is 11.9 Å². The third kappa shape index (κ3) is 5.15. The summed E-state index contributed by atoms with van der Waals surface area (Å²) in [4.78, 5) is 16.9. The molecule has 6 nitrogen and oxygen atoms in total. The van der Waals surface area contributed by atoms with Crippen molar-refractivity contribution in [2.24, 2.45) is 5.10 Å². The molecule has 3 rings (SSSR count). The first-order valence-electron chi connectivity index (χ1n) is 8.51. The Morgan fingerprint density at radius 3 is 2.85 bits per heavy atom. The summed E-state index contributed by atoms with van der Waals surface area (Å²) in [5, 5.41) is 4.40. The van der Waals surface area contributed by atoms with Crippen LogP contribution in [0.3, 0.4) is 0 Å². The Labute approximate surface area is 161 Å². The first-order chi connectivity index (χ1) is 13.2. The third-order valence-electron chi connectivity index (χ3n) is 3.74. The summed E-state index contributed by atoms with van der Waals surface area (Å²) in [6, 6.07) is 17.5. The Balaban J connectivity index is 1.59. The molecule has 7 heteroatoms. The smallest absolute Gasteiger partial charge is 0.283 e. The Bertz CT molecular complexity index is 938. The monoisotopic (exact) mass is 380 g/mol. The number of hydrogen-bond acceptors (Lipinski definition) is 6. The number of rotatable bonds is 7. The van der Waals surface area contributed by atoms with Gasteiger partial charge in [0.2, 0.25) is 0 Å². The van der Waals surface area contributed by atoms with E-state index in [1.54, 1.807) is 6.21 Å². The van der Waals surface area contributed by atoms with Crippen molar-refractivity contribution in [2.75, 3.05) is 5.73 Å². The second-order valence-electron chi connectivity index (χ2n) is 5.73. The lowest BCUT2D eigenvalue weighted by Crippen LogP contribution is -2.17. The molecule has 0 saturated carbocycles. The fraction of sp³-hybridized carbons (Fsp3) is 0.150. The maximum Gasteiger partial charge on any atom is 0.283 e. The van der Waals surface area contributed by atoms with E-state index in [2.05, 4.69) is 15.5 Å². The number of ether oxygens (including phenoxy) is 1. The number of benzene rings is 2. The summed E-state index contributed by atoms with van der Waals surface area (Å²) in [5.74, 6) is 0.423. The van der Waals surface area contributed by atoms with Crippen LogP contribution in [0.15, 0.2) is 59.7 Å². The molecule has 3 N–H and O–H groups in total. The second kappa shape index (κ2) is 8.95. The van der Waals surface area contributed by atoms with Crippen LogP contribution in [-0.4, -0.2) is 17.1 Å². The zero-order valence-corrected chi connectivity index (χ0v) is 15.7. The van der Waals surface area contributed by atoms with Gasteiger partial charge in [0.1, 0.15) is 17.2 Å². The zero-order valence-electron chi connectivity index (χ0n) is 14.9. The molecule has 3 aromatic rings. The van der Waals surface area contributed by atoms with E-state index in [1.165, 1.54) is 0 Å². The van der Waals surface area contributed by atoms with Crippen molar-refractivity contribution in [3.05, 3.63) is 76.3 Å². The van der Waals surface area contributed by atoms with Crippen LogP contribution in [0.4, 0.5) is 5.13 Å². The molecule has 0 aliphatic carbocycles. The SMILES string of the molecule is CCc1nc(N)sc1C(=O)N/N=C\c1cccc(OCc2ccccc2)c1. The zero-order chi connectivity index (χ0) is 19.1. The number of nitrogen functional groups attached to an aromatic ring is 1. The van der Waals surface area contributed by atoms with Gasteiger partial charge in [-0.05, 0) is 29.7 Å². The highest BCUT2D eigenvalue weighted by Gasteiger charge is 2.15. The third-order valence-corrected chi connectivity index (χ3v) is 4.67. The number of aryl methyl sites for hydroxylation is 1. The van der Waals surface area contributed by atoms with Crippen LogP contribution < -0.4 is 15.9 Å². The highest BCUT2D eigenvalue weighted by atomic mass is 32.1. The van der Waals surface area contributed by atoms with Gasteiger partial charge in [-0.1, -0.05) is 60.7 Å². The lowest BCUT2D eigenvalue weighted by molar-refractivity contribution is 0.0958. The van der Waals surface area contributed by atoms with Crippen LogP contribution in [0.1, 0.15) is 33.4 Å². The average molecular weight is 380 g/mol. The largest absolute Gasteiger partial charge is 0.489 e. The molecule has 0 unspecified atom stereocenters. The number of hydrazone groups is 1. The highest BCUT2D eigenvalue weighted by molar-refractivity contribution is 7.17. The van der Waals surface area contributed by atoms with Gasteiger partial charge in [-0.15, -0.1) is 0 Å². The number of nitrogens with two attached hydrogens (primary N) is 1. The van der Waals surface area contributed by atoms with Gasteiger partial charge in [0, 0.05) is 0 Å². The first-order valence-corrected chi connectivity index (χ1v) is 9.32. The molecular formula is C20H20N4O2S. The topological polar surface area (TPSA) is 89.6 Å². The van der Waals surface area contributed by atoms with Gasteiger partial charge >= 0.3 is 0 Å². The molecular weight excluding hydrogens is 360 g/mol. The Hall–Kier alpha value is -3.19. The highest BCUT2D eigenvalue weighted by Crippen LogP contribution is 2.20.